The van der Waals surface area contributed by atoms with Crippen molar-refractivity contribution in [1.29, 1.82) is 0 Å². The second kappa shape index (κ2) is 5.97. The van der Waals surface area contributed by atoms with Crippen LogP contribution in [0.15, 0.2) is 21.4 Å². The molecule has 0 saturated carbocycles. The van der Waals surface area contributed by atoms with Crippen molar-refractivity contribution in [3.8, 4) is 11.5 Å². The van der Waals surface area contributed by atoms with Crippen LogP contribution in [0.5, 0.6) is 11.5 Å². The van der Waals surface area contributed by atoms with Gasteiger partial charge < -0.3 is 13.9 Å². The van der Waals surface area contributed by atoms with Crippen LogP contribution in [0.3, 0.4) is 0 Å². The predicted molar refractivity (Wildman–Crippen MR) is 108 cm³/mol. The van der Waals surface area contributed by atoms with Crippen molar-refractivity contribution >= 4 is 22.8 Å². The minimum absolute atomic E-state index is 0.0796. The number of benzene rings is 1. The van der Waals surface area contributed by atoms with Gasteiger partial charge in [-0.15, -0.1) is 0 Å². The predicted octanol–water partition coefficient (Wildman–Crippen LogP) is 4.92. The summed E-state index contributed by atoms with van der Waals surface area (Å²) in [6.07, 6.45) is 5.14. The molecule has 1 aromatic heterocycles. The van der Waals surface area contributed by atoms with Gasteiger partial charge in [-0.2, -0.15) is 0 Å². The number of aryl methyl sites for hydroxylation is 1. The average Bonchev–Trinajstić information content (AvgIpc) is 2.59. The van der Waals surface area contributed by atoms with Crippen LogP contribution in [-0.2, 0) is 6.42 Å². The molecule has 0 fully saturated rings. The minimum Gasteiger partial charge on any atom is -0.488 e. The SMILES string of the molecule is CCCc1cc(=O)oc2c3c(c4c(c12)OC(C)(C)C=C4)O[C@H](C)C(C)(C)C3=O. The van der Waals surface area contributed by atoms with Crippen LogP contribution < -0.4 is 15.1 Å². The molecule has 148 valence electrons. The Bertz CT molecular complexity index is 1080. The zero-order chi connectivity index (χ0) is 20.4. The number of hydrogen-bond acceptors (Lipinski definition) is 5. The van der Waals surface area contributed by atoms with Gasteiger partial charge in [-0.05, 0) is 58.8 Å². The zero-order valence-electron chi connectivity index (χ0n) is 17.3. The van der Waals surface area contributed by atoms with Gasteiger partial charge in [0.2, 0.25) is 0 Å². The van der Waals surface area contributed by atoms with Crippen molar-refractivity contribution in [2.45, 2.75) is 66.1 Å². The largest absolute Gasteiger partial charge is 0.488 e. The number of Topliss-reactive ketones (excluding diaryl/α,β-unsaturated/α-hetero) is 1. The summed E-state index contributed by atoms with van der Waals surface area (Å²) in [7, 11) is 0. The highest BCUT2D eigenvalue weighted by Crippen LogP contribution is 2.51. The molecule has 5 nitrogen and oxygen atoms in total. The Labute approximate surface area is 164 Å². The third kappa shape index (κ3) is 2.60. The minimum atomic E-state index is -0.730. The first-order chi connectivity index (χ1) is 13.1. The van der Waals surface area contributed by atoms with E-state index in [1.165, 1.54) is 6.07 Å². The van der Waals surface area contributed by atoms with Crippen molar-refractivity contribution in [2.24, 2.45) is 5.41 Å². The standard InChI is InChI=1S/C23H26O5/c1-7-8-13-11-15(24)27-20-16(13)19-14(9-10-22(3,4)28-19)18-17(20)21(25)23(5,6)12(2)26-18/h9-12H,7-8H2,1-6H3/t12-/m1/s1. The molecule has 0 aliphatic carbocycles. The lowest BCUT2D eigenvalue weighted by Gasteiger charge is -2.39. The number of rotatable bonds is 2. The Morgan fingerprint density at radius 2 is 1.82 bits per heavy atom. The molecule has 3 heterocycles. The highest BCUT2D eigenvalue weighted by molar-refractivity contribution is 6.15. The second-order valence-electron chi connectivity index (χ2n) is 8.84. The number of fused-ring (bicyclic) bond motifs is 6. The van der Waals surface area contributed by atoms with Gasteiger partial charge in [0, 0.05) is 6.07 Å². The van der Waals surface area contributed by atoms with E-state index in [0.29, 0.717) is 28.9 Å². The van der Waals surface area contributed by atoms with E-state index in [0.717, 1.165) is 17.5 Å². The Balaban J connectivity index is 2.20. The van der Waals surface area contributed by atoms with Crippen LogP contribution in [0.4, 0.5) is 0 Å². The highest BCUT2D eigenvalue weighted by Gasteiger charge is 2.46. The molecule has 0 radical (unpaired) electrons. The average molecular weight is 382 g/mol. The molecular weight excluding hydrogens is 356 g/mol. The van der Waals surface area contributed by atoms with Crippen molar-refractivity contribution in [1.82, 2.24) is 0 Å². The highest BCUT2D eigenvalue weighted by atomic mass is 16.5. The summed E-state index contributed by atoms with van der Waals surface area (Å²) in [4.78, 5) is 25.8. The van der Waals surface area contributed by atoms with E-state index in [1.54, 1.807) is 0 Å². The van der Waals surface area contributed by atoms with Gasteiger partial charge in [0.25, 0.3) is 0 Å². The molecule has 0 unspecified atom stereocenters. The van der Waals surface area contributed by atoms with Gasteiger partial charge >= 0.3 is 5.63 Å². The quantitative estimate of drug-likeness (QED) is 0.690. The first kappa shape index (κ1) is 18.8. The Morgan fingerprint density at radius 1 is 1.11 bits per heavy atom. The molecule has 1 aromatic carbocycles. The Hall–Kier alpha value is -2.56. The number of carbonyl (C=O) groups is 1. The summed E-state index contributed by atoms with van der Waals surface area (Å²) in [5, 5.41) is 0.704. The molecule has 5 heteroatoms. The second-order valence-corrected chi connectivity index (χ2v) is 8.84. The lowest BCUT2D eigenvalue weighted by Crippen LogP contribution is -2.43. The first-order valence-electron chi connectivity index (χ1n) is 9.83. The fourth-order valence-electron chi connectivity index (χ4n) is 3.91. The number of carbonyl (C=O) groups excluding carboxylic acids is 1. The Kier molecular flexibility index (Phi) is 4.00. The van der Waals surface area contributed by atoms with E-state index in [1.807, 2.05) is 46.8 Å². The molecule has 0 saturated heterocycles. The van der Waals surface area contributed by atoms with Gasteiger partial charge in [0.1, 0.15) is 28.8 Å². The molecule has 2 aliphatic heterocycles. The van der Waals surface area contributed by atoms with Gasteiger partial charge in [0.15, 0.2) is 11.4 Å². The molecular formula is C23H26O5. The maximum Gasteiger partial charge on any atom is 0.336 e. The monoisotopic (exact) mass is 382 g/mol. The van der Waals surface area contributed by atoms with E-state index in [9.17, 15) is 9.59 Å². The molecule has 0 bridgehead atoms. The summed E-state index contributed by atoms with van der Waals surface area (Å²) in [6, 6.07) is 1.51. The summed E-state index contributed by atoms with van der Waals surface area (Å²) >= 11 is 0. The van der Waals surface area contributed by atoms with Crippen LogP contribution in [0.25, 0.3) is 17.0 Å². The van der Waals surface area contributed by atoms with Crippen LogP contribution in [0.1, 0.15) is 69.4 Å². The number of ketones is 1. The van der Waals surface area contributed by atoms with Crippen LogP contribution >= 0.6 is 0 Å². The van der Waals surface area contributed by atoms with Crippen LogP contribution in [0.2, 0.25) is 0 Å². The van der Waals surface area contributed by atoms with Crippen molar-refractivity contribution in [3.63, 3.8) is 0 Å². The molecule has 4 rings (SSSR count). The summed E-state index contributed by atoms with van der Waals surface area (Å²) in [6.45, 7) is 11.6. The van der Waals surface area contributed by atoms with E-state index >= 15 is 0 Å². The fraction of sp³-hybridized carbons (Fsp3) is 0.478. The molecule has 1 atom stereocenters. The van der Waals surface area contributed by atoms with Gasteiger partial charge in [0.05, 0.1) is 16.4 Å². The summed E-state index contributed by atoms with van der Waals surface area (Å²) < 4.78 is 18.1. The Morgan fingerprint density at radius 3 is 2.50 bits per heavy atom. The zero-order valence-corrected chi connectivity index (χ0v) is 17.3. The lowest BCUT2D eigenvalue weighted by atomic mass is 9.76. The van der Waals surface area contributed by atoms with Gasteiger partial charge in [-0.3, -0.25) is 4.79 Å². The van der Waals surface area contributed by atoms with E-state index in [-0.39, 0.29) is 17.5 Å². The van der Waals surface area contributed by atoms with Crippen LogP contribution in [-0.4, -0.2) is 17.5 Å². The third-order valence-corrected chi connectivity index (χ3v) is 5.87. The van der Waals surface area contributed by atoms with Gasteiger partial charge in [-0.25, -0.2) is 4.79 Å². The van der Waals surface area contributed by atoms with Crippen LogP contribution in [0, 0.1) is 5.41 Å². The topological polar surface area (TPSA) is 65.7 Å². The summed E-state index contributed by atoms with van der Waals surface area (Å²) in [5.41, 5.74) is 0.490. The molecule has 0 amide bonds. The molecule has 0 spiro atoms. The third-order valence-electron chi connectivity index (χ3n) is 5.87. The first-order valence-corrected chi connectivity index (χ1v) is 9.83. The maximum atomic E-state index is 13.4. The van der Waals surface area contributed by atoms with E-state index in [2.05, 4.69) is 6.92 Å². The summed E-state index contributed by atoms with van der Waals surface area (Å²) in [5.74, 6) is 0.986. The fourth-order valence-corrected chi connectivity index (χ4v) is 3.91. The lowest BCUT2D eigenvalue weighted by molar-refractivity contribution is 0.0459. The van der Waals surface area contributed by atoms with Crippen molar-refractivity contribution in [3.05, 3.63) is 39.3 Å². The molecule has 2 aromatic rings. The smallest absolute Gasteiger partial charge is 0.336 e. The molecule has 2 aliphatic rings. The normalized spacial score (nSPS) is 21.6. The number of ether oxygens (including phenoxy) is 2. The van der Waals surface area contributed by atoms with E-state index in [4.69, 9.17) is 13.9 Å². The van der Waals surface area contributed by atoms with Crippen molar-refractivity contribution < 1.29 is 18.7 Å². The number of hydrogen-bond donors (Lipinski definition) is 0. The maximum absolute atomic E-state index is 13.4. The van der Waals surface area contributed by atoms with E-state index < -0.39 is 16.6 Å². The molecule has 28 heavy (non-hydrogen) atoms. The van der Waals surface area contributed by atoms with Gasteiger partial charge in [-0.1, -0.05) is 13.3 Å². The molecule has 0 N–H and O–H groups in total. The van der Waals surface area contributed by atoms with Crippen molar-refractivity contribution in [2.75, 3.05) is 0 Å².